The molecule has 140 valence electrons. The van der Waals surface area contributed by atoms with Crippen LogP contribution in [0.2, 0.25) is 0 Å². The minimum absolute atomic E-state index is 0.729. The lowest BCUT2D eigenvalue weighted by Gasteiger charge is -2.11. The van der Waals surface area contributed by atoms with E-state index in [1.807, 2.05) is 13.8 Å². The number of benzene rings is 2. The van der Waals surface area contributed by atoms with Crippen molar-refractivity contribution in [1.82, 2.24) is 15.0 Å². The van der Waals surface area contributed by atoms with E-state index in [9.17, 15) is 0 Å². The monoisotopic (exact) mass is 369 g/mol. The molecule has 0 amide bonds. The van der Waals surface area contributed by atoms with Gasteiger partial charge in [0, 0.05) is 28.0 Å². The van der Waals surface area contributed by atoms with E-state index < -0.39 is 0 Å². The van der Waals surface area contributed by atoms with Gasteiger partial charge in [0.2, 0.25) is 5.69 Å². The van der Waals surface area contributed by atoms with Crippen LogP contribution in [0.4, 0.5) is 0 Å². The summed E-state index contributed by atoms with van der Waals surface area (Å²) in [7, 11) is 2.11. The summed E-state index contributed by atoms with van der Waals surface area (Å²) < 4.78 is 2.21. The Balaban J connectivity index is 2.03. The molecule has 0 saturated heterocycles. The van der Waals surface area contributed by atoms with Gasteiger partial charge in [0.05, 0.1) is 0 Å². The number of pyridine rings is 1. The predicted molar refractivity (Wildman–Crippen MR) is 113 cm³/mol. The standard InChI is InChI=1S/C24H25N4/c1-14-10-15(2)16(3)21(11-14)23-12-22-19(13-28(23)6)8-7-9-20(22)24-26-17(4)25-18(5)27-24/h7-13H,1-6H3/q+1. The molecule has 0 bridgehead atoms. The molecule has 0 atom stereocenters. The van der Waals surface area contributed by atoms with Gasteiger partial charge in [0.15, 0.2) is 12.0 Å². The smallest absolute Gasteiger partial charge is 0.213 e. The van der Waals surface area contributed by atoms with Crippen molar-refractivity contribution in [3.8, 4) is 22.6 Å². The molecule has 4 heteroatoms. The highest BCUT2D eigenvalue weighted by molar-refractivity contribution is 5.96. The van der Waals surface area contributed by atoms with E-state index in [0.717, 1.165) is 28.4 Å². The number of hydrogen-bond donors (Lipinski definition) is 0. The lowest BCUT2D eigenvalue weighted by atomic mass is 9.95. The zero-order valence-corrected chi connectivity index (χ0v) is 17.3. The van der Waals surface area contributed by atoms with E-state index in [1.165, 1.54) is 33.3 Å². The fourth-order valence-corrected chi connectivity index (χ4v) is 3.88. The van der Waals surface area contributed by atoms with Crippen LogP contribution in [0.1, 0.15) is 28.3 Å². The van der Waals surface area contributed by atoms with Crippen LogP contribution in [-0.2, 0) is 7.05 Å². The number of fused-ring (bicyclic) bond motifs is 1. The van der Waals surface area contributed by atoms with Crippen molar-refractivity contribution in [1.29, 1.82) is 0 Å². The normalized spacial score (nSPS) is 11.2. The van der Waals surface area contributed by atoms with Gasteiger partial charge in [-0.2, -0.15) is 0 Å². The van der Waals surface area contributed by atoms with Gasteiger partial charge in [0.25, 0.3) is 0 Å². The summed E-state index contributed by atoms with van der Waals surface area (Å²) in [6.45, 7) is 10.3. The molecule has 4 aromatic rings. The van der Waals surface area contributed by atoms with Crippen molar-refractivity contribution < 1.29 is 4.57 Å². The maximum Gasteiger partial charge on any atom is 0.213 e. The number of hydrogen-bond acceptors (Lipinski definition) is 3. The Hall–Kier alpha value is -3.14. The lowest BCUT2D eigenvalue weighted by Crippen LogP contribution is -2.30. The van der Waals surface area contributed by atoms with Gasteiger partial charge in [-0.1, -0.05) is 23.8 Å². The predicted octanol–water partition coefficient (Wildman–Crippen LogP) is 4.73. The molecule has 4 rings (SSSR count). The molecule has 0 fully saturated rings. The van der Waals surface area contributed by atoms with Gasteiger partial charge in [-0.15, -0.1) is 0 Å². The van der Waals surface area contributed by atoms with Crippen molar-refractivity contribution >= 4 is 10.8 Å². The molecular formula is C24H25N4+. The minimum atomic E-state index is 0.729. The third kappa shape index (κ3) is 3.15. The number of nitrogens with zero attached hydrogens (tertiary/aromatic N) is 4. The zero-order valence-electron chi connectivity index (χ0n) is 17.3. The molecule has 0 radical (unpaired) electrons. The molecule has 0 aliphatic carbocycles. The molecule has 0 saturated carbocycles. The number of aryl methyl sites for hydroxylation is 5. The number of rotatable bonds is 2. The fourth-order valence-electron chi connectivity index (χ4n) is 3.88. The highest BCUT2D eigenvalue weighted by atomic mass is 15.0. The fraction of sp³-hybridized carbons (Fsp3) is 0.250. The SMILES string of the molecule is Cc1cc(C)c(C)c(-c2cc3c(-c4nc(C)nc(C)n4)cccc3c[n+]2C)c1. The van der Waals surface area contributed by atoms with Gasteiger partial charge < -0.3 is 0 Å². The van der Waals surface area contributed by atoms with Crippen molar-refractivity contribution in [3.63, 3.8) is 0 Å². The molecule has 0 aliphatic rings. The molecule has 0 spiro atoms. The van der Waals surface area contributed by atoms with Gasteiger partial charge in [0.1, 0.15) is 18.7 Å². The molecule has 0 aliphatic heterocycles. The minimum Gasteiger partial charge on any atom is -0.219 e. The maximum atomic E-state index is 4.60. The van der Waals surface area contributed by atoms with Crippen LogP contribution in [0.5, 0.6) is 0 Å². The van der Waals surface area contributed by atoms with E-state index in [-0.39, 0.29) is 0 Å². The van der Waals surface area contributed by atoms with Crippen LogP contribution in [0.15, 0.2) is 42.6 Å². The first kappa shape index (κ1) is 18.2. The average molecular weight is 369 g/mol. The summed E-state index contributed by atoms with van der Waals surface area (Å²) >= 11 is 0. The van der Waals surface area contributed by atoms with Gasteiger partial charge in [-0.3, -0.25) is 0 Å². The van der Waals surface area contributed by atoms with Crippen molar-refractivity contribution in [2.24, 2.45) is 7.05 Å². The Morgan fingerprint density at radius 1 is 0.786 bits per heavy atom. The molecule has 28 heavy (non-hydrogen) atoms. The average Bonchev–Trinajstić information content (AvgIpc) is 2.63. The van der Waals surface area contributed by atoms with E-state index in [1.54, 1.807) is 0 Å². The molecule has 2 aromatic carbocycles. The zero-order chi connectivity index (χ0) is 20.0. The summed E-state index contributed by atoms with van der Waals surface area (Å²) in [6.07, 6.45) is 2.19. The molecule has 4 nitrogen and oxygen atoms in total. The quantitative estimate of drug-likeness (QED) is 0.480. The van der Waals surface area contributed by atoms with E-state index in [0.29, 0.717) is 0 Å². The molecule has 0 N–H and O–H groups in total. The molecule has 2 heterocycles. The molecular weight excluding hydrogens is 344 g/mol. The van der Waals surface area contributed by atoms with E-state index in [2.05, 4.69) is 89.9 Å². The topological polar surface area (TPSA) is 42.6 Å². The Morgan fingerprint density at radius 3 is 2.21 bits per heavy atom. The Kier molecular flexibility index (Phi) is 4.42. The second-order valence-electron chi connectivity index (χ2n) is 7.59. The summed E-state index contributed by atoms with van der Waals surface area (Å²) in [6, 6.07) is 13.1. The third-order valence-electron chi connectivity index (χ3n) is 5.32. The van der Waals surface area contributed by atoms with Crippen molar-refractivity contribution in [2.75, 3.05) is 0 Å². The van der Waals surface area contributed by atoms with Crippen LogP contribution in [0.3, 0.4) is 0 Å². The summed E-state index contributed by atoms with van der Waals surface area (Å²) in [5.74, 6) is 2.21. The first-order valence-electron chi connectivity index (χ1n) is 9.54. The Bertz CT molecular complexity index is 1200. The Morgan fingerprint density at radius 2 is 1.50 bits per heavy atom. The maximum absolute atomic E-state index is 4.60. The van der Waals surface area contributed by atoms with Gasteiger partial charge in [-0.25, -0.2) is 19.5 Å². The highest BCUT2D eigenvalue weighted by Crippen LogP contribution is 2.31. The lowest BCUT2D eigenvalue weighted by molar-refractivity contribution is -0.659. The van der Waals surface area contributed by atoms with E-state index in [4.69, 9.17) is 0 Å². The second-order valence-corrected chi connectivity index (χ2v) is 7.59. The molecule has 2 aromatic heterocycles. The largest absolute Gasteiger partial charge is 0.219 e. The molecule has 0 unspecified atom stereocenters. The van der Waals surface area contributed by atoms with Gasteiger partial charge in [-0.05, 0) is 57.9 Å². The van der Waals surface area contributed by atoms with E-state index >= 15 is 0 Å². The van der Waals surface area contributed by atoms with Crippen LogP contribution in [-0.4, -0.2) is 15.0 Å². The number of aromatic nitrogens is 4. The third-order valence-corrected chi connectivity index (χ3v) is 5.32. The summed E-state index contributed by atoms with van der Waals surface area (Å²) in [4.78, 5) is 13.5. The van der Waals surface area contributed by atoms with Crippen molar-refractivity contribution in [3.05, 3.63) is 70.9 Å². The first-order chi connectivity index (χ1) is 13.3. The Labute approximate surface area is 166 Å². The van der Waals surface area contributed by atoms with Crippen LogP contribution < -0.4 is 4.57 Å². The van der Waals surface area contributed by atoms with Crippen LogP contribution >= 0.6 is 0 Å². The van der Waals surface area contributed by atoms with Crippen LogP contribution in [0, 0.1) is 34.6 Å². The van der Waals surface area contributed by atoms with Gasteiger partial charge >= 0.3 is 0 Å². The van der Waals surface area contributed by atoms with Crippen molar-refractivity contribution in [2.45, 2.75) is 34.6 Å². The summed E-state index contributed by atoms with van der Waals surface area (Å²) in [5, 5.41) is 2.32. The second kappa shape index (κ2) is 6.79. The highest BCUT2D eigenvalue weighted by Gasteiger charge is 2.18. The first-order valence-corrected chi connectivity index (χ1v) is 9.54. The summed E-state index contributed by atoms with van der Waals surface area (Å²) in [5.41, 5.74) is 7.38. The van der Waals surface area contributed by atoms with Crippen LogP contribution in [0.25, 0.3) is 33.4 Å².